The summed E-state index contributed by atoms with van der Waals surface area (Å²) < 4.78 is 11.6. The van der Waals surface area contributed by atoms with E-state index >= 15 is 0 Å². The lowest BCUT2D eigenvalue weighted by Crippen LogP contribution is -2.43. The highest BCUT2D eigenvalue weighted by Gasteiger charge is 2.34. The first-order chi connectivity index (χ1) is 9.49. The van der Waals surface area contributed by atoms with Crippen molar-refractivity contribution in [1.82, 2.24) is 0 Å². The molecule has 0 heterocycles. The molecule has 0 spiro atoms. The van der Waals surface area contributed by atoms with Gasteiger partial charge in [0.15, 0.2) is 0 Å². The van der Waals surface area contributed by atoms with E-state index in [-0.39, 0.29) is 17.7 Å². The lowest BCUT2D eigenvalue weighted by atomic mass is 9.84. The predicted octanol–water partition coefficient (Wildman–Crippen LogP) is 4.07. The Morgan fingerprint density at radius 1 is 1.05 bits per heavy atom. The molecule has 0 radical (unpaired) electrons. The van der Waals surface area contributed by atoms with E-state index in [9.17, 15) is 0 Å². The van der Waals surface area contributed by atoms with E-state index in [1.807, 2.05) is 45.0 Å². The molecule has 1 atom stereocenters. The molecule has 0 aromatic heterocycles. The number of hydrogen-bond acceptors (Lipinski definition) is 3. The molecular weight excluding hydrogens is 250 g/mol. The lowest BCUT2D eigenvalue weighted by Gasteiger charge is -2.37. The molecule has 1 unspecified atom stereocenters. The van der Waals surface area contributed by atoms with Crippen LogP contribution in [0.15, 0.2) is 24.3 Å². The minimum absolute atomic E-state index is 0.120. The van der Waals surface area contributed by atoms with Gasteiger partial charge in [0.25, 0.3) is 0 Å². The first kappa shape index (κ1) is 17.0. The van der Waals surface area contributed by atoms with E-state index in [2.05, 4.69) is 13.8 Å². The molecule has 3 nitrogen and oxygen atoms in total. The molecule has 114 valence electrons. The molecule has 0 aliphatic rings. The third-order valence-corrected chi connectivity index (χ3v) is 3.81. The minimum Gasteiger partial charge on any atom is -0.491 e. The van der Waals surface area contributed by atoms with Crippen molar-refractivity contribution in [3.63, 3.8) is 0 Å². The number of ether oxygens (including phenoxy) is 2. The van der Waals surface area contributed by atoms with Crippen molar-refractivity contribution >= 4 is 0 Å². The SMILES string of the molecule is CCOC(CC)(CC)C(N)c1ccc(OC(C)C)cc1. The third kappa shape index (κ3) is 3.97. The van der Waals surface area contributed by atoms with Gasteiger partial charge in [0.1, 0.15) is 5.75 Å². The van der Waals surface area contributed by atoms with Crippen LogP contribution in [0.5, 0.6) is 5.75 Å². The van der Waals surface area contributed by atoms with Crippen LogP contribution in [-0.2, 0) is 4.74 Å². The van der Waals surface area contributed by atoms with Crippen molar-refractivity contribution < 1.29 is 9.47 Å². The largest absolute Gasteiger partial charge is 0.491 e. The fraction of sp³-hybridized carbons (Fsp3) is 0.647. The summed E-state index contributed by atoms with van der Waals surface area (Å²) >= 11 is 0. The summed E-state index contributed by atoms with van der Waals surface area (Å²) in [5.74, 6) is 0.881. The van der Waals surface area contributed by atoms with Gasteiger partial charge in [0.05, 0.1) is 17.7 Å². The topological polar surface area (TPSA) is 44.5 Å². The van der Waals surface area contributed by atoms with E-state index in [4.69, 9.17) is 15.2 Å². The van der Waals surface area contributed by atoms with E-state index in [0.29, 0.717) is 6.61 Å². The van der Waals surface area contributed by atoms with Crippen molar-refractivity contribution in [3.8, 4) is 5.75 Å². The molecule has 2 N–H and O–H groups in total. The highest BCUT2D eigenvalue weighted by atomic mass is 16.5. The average molecular weight is 279 g/mol. The molecule has 0 amide bonds. The molecule has 3 heteroatoms. The van der Waals surface area contributed by atoms with Gasteiger partial charge in [0, 0.05) is 6.61 Å². The van der Waals surface area contributed by atoms with Crippen LogP contribution >= 0.6 is 0 Å². The highest BCUT2D eigenvalue weighted by Crippen LogP contribution is 2.34. The van der Waals surface area contributed by atoms with Crippen LogP contribution in [0.1, 0.15) is 59.1 Å². The Morgan fingerprint density at radius 2 is 1.60 bits per heavy atom. The summed E-state index contributed by atoms with van der Waals surface area (Å²) in [6.45, 7) is 11.0. The summed E-state index contributed by atoms with van der Waals surface area (Å²) in [5, 5.41) is 0. The molecule has 0 aliphatic carbocycles. The zero-order valence-electron chi connectivity index (χ0n) is 13.5. The molecule has 0 aliphatic heterocycles. The summed E-state index contributed by atoms with van der Waals surface area (Å²) in [6, 6.07) is 7.93. The zero-order chi connectivity index (χ0) is 15.2. The minimum atomic E-state index is -0.283. The Morgan fingerprint density at radius 3 is 2.00 bits per heavy atom. The Kier molecular flexibility index (Phi) is 6.50. The molecule has 0 saturated heterocycles. The van der Waals surface area contributed by atoms with Gasteiger partial charge < -0.3 is 15.2 Å². The smallest absolute Gasteiger partial charge is 0.119 e. The molecule has 1 aromatic carbocycles. The van der Waals surface area contributed by atoms with E-state index in [0.717, 1.165) is 24.2 Å². The van der Waals surface area contributed by atoms with Crippen molar-refractivity contribution in [3.05, 3.63) is 29.8 Å². The van der Waals surface area contributed by atoms with Crippen LogP contribution in [0, 0.1) is 0 Å². The molecule has 20 heavy (non-hydrogen) atoms. The Hall–Kier alpha value is -1.06. The Labute approximate surface area is 123 Å². The maximum atomic E-state index is 6.47. The maximum absolute atomic E-state index is 6.47. The third-order valence-electron chi connectivity index (χ3n) is 3.81. The first-order valence-electron chi connectivity index (χ1n) is 7.65. The average Bonchev–Trinajstić information content (AvgIpc) is 2.44. The lowest BCUT2D eigenvalue weighted by molar-refractivity contribution is -0.0645. The van der Waals surface area contributed by atoms with Crippen LogP contribution in [0.3, 0.4) is 0 Å². The van der Waals surface area contributed by atoms with Gasteiger partial charge in [-0.2, -0.15) is 0 Å². The van der Waals surface area contributed by atoms with Gasteiger partial charge in [-0.05, 0) is 51.3 Å². The number of hydrogen-bond donors (Lipinski definition) is 1. The van der Waals surface area contributed by atoms with E-state index in [1.54, 1.807) is 0 Å². The zero-order valence-corrected chi connectivity index (χ0v) is 13.5. The van der Waals surface area contributed by atoms with Gasteiger partial charge in [-0.1, -0.05) is 26.0 Å². The van der Waals surface area contributed by atoms with Crippen LogP contribution in [0.4, 0.5) is 0 Å². The molecule has 0 bridgehead atoms. The van der Waals surface area contributed by atoms with Crippen molar-refractivity contribution in [1.29, 1.82) is 0 Å². The fourth-order valence-electron chi connectivity index (χ4n) is 2.60. The van der Waals surface area contributed by atoms with Crippen molar-refractivity contribution in [2.24, 2.45) is 5.73 Å². The van der Waals surface area contributed by atoms with E-state index < -0.39 is 0 Å². The maximum Gasteiger partial charge on any atom is 0.119 e. The van der Waals surface area contributed by atoms with Crippen LogP contribution in [-0.4, -0.2) is 18.3 Å². The number of benzene rings is 1. The van der Waals surface area contributed by atoms with Crippen LogP contribution in [0.25, 0.3) is 0 Å². The van der Waals surface area contributed by atoms with Crippen LogP contribution in [0.2, 0.25) is 0 Å². The molecular formula is C17H29NO2. The quantitative estimate of drug-likeness (QED) is 0.780. The second kappa shape index (κ2) is 7.65. The summed E-state index contributed by atoms with van der Waals surface area (Å²) in [6.07, 6.45) is 1.99. The molecule has 0 saturated carbocycles. The second-order valence-electron chi connectivity index (χ2n) is 5.42. The van der Waals surface area contributed by atoms with Crippen LogP contribution < -0.4 is 10.5 Å². The summed E-state index contributed by atoms with van der Waals surface area (Å²) in [4.78, 5) is 0. The molecule has 0 fully saturated rings. The van der Waals surface area contributed by atoms with Gasteiger partial charge in [-0.15, -0.1) is 0 Å². The van der Waals surface area contributed by atoms with E-state index in [1.165, 1.54) is 0 Å². The van der Waals surface area contributed by atoms with Crippen molar-refractivity contribution in [2.45, 2.75) is 65.2 Å². The summed E-state index contributed by atoms with van der Waals surface area (Å²) in [7, 11) is 0. The second-order valence-corrected chi connectivity index (χ2v) is 5.42. The van der Waals surface area contributed by atoms with Gasteiger partial charge >= 0.3 is 0 Å². The molecule has 1 rings (SSSR count). The van der Waals surface area contributed by atoms with Crippen molar-refractivity contribution in [2.75, 3.05) is 6.61 Å². The number of rotatable bonds is 8. The summed E-state index contributed by atoms with van der Waals surface area (Å²) in [5.41, 5.74) is 7.28. The monoisotopic (exact) mass is 279 g/mol. The van der Waals surface area contributed by atoms with Gasteiger partial charge in [0.2, 0.25) is 0 Å². The van der Waals surface area contributed by atoms with Gasteiger partial charge in [-0.25, -0.2) is 0 Å². The number of nitrogens with two attached hydrogens (primary N) is 1. The fourth-order valence-corrected chi connectivity index (χ4v) is 2.60. The standard InChI is InChI=1S/C17H29NO2/c1-6-17(7-2,19-8-3)16(18)14-9-11-15(12-10-14)20-13(4)5/h9-13,16H,6-8,18H2,1-5H3. The molecule has 1 aromatic rings. The highest BCUT2D eigenvalue weighted by molar-refractivity contribution is 5.30. The predicted molar refractivity (Wildman–Crippen MR) is 84.1 cm³/mol. The van der Waals surface area contributed by atoms with Gasteiger partial charge in [-0.3, -0.25) is 0 Å². The normalized spacial score (nSPS) is 13.6. The Balaban J connectivity index is 2.92. The Bertz CT molecular complexity index is 382. The first-order valence-corrected chi connectivity index (χ1v) is 7.65.